The summed E-state index contributed by atoms with van der Waals surface area (Å²) in [5.74, 6) is 0.675. The average Bonchev–Trinajstić information content (AvgIpc) is 3.21. The zero-order chi connectivity index (χ0) is 27.9. The lowest BCUT2D eigenvalue weighted by Gasteiger charge is -2.37. The van der Waals surface area contributed by atoms with Gasteiger partial charge >= 0.3 is 0 Å². The van der Waals surface area contributed by atoms with Crippen molar-refractivity contribution in [3.05, 3.63) is 104 Å². The summed E-state index contributed by atoms with van der Waals surface area (Å²) in [6.45, 7) is 9.35. The molecule has 1 atom stereocenters. The lowest BCUT2D eigenvalue weighted by atomic mass is 10.1. The molecule has 6 nitrogen and oxygen atoms in total. The van der Waals surface area contributed by atoms with Crippen LogP contribution in [-0.2, 0) is 6.54 Å². The van der Waals surface area contributed by atoms with Crippen LogP contribution in [0.3, 0.4) is 0 Å². The van der Waals surface area contributed by atoms with Gasteiger partial charge in [-0.1, -0.05) is 61.0 Å². The molecule has 1 unspecified atom stereocenters. The molecule has 0 spiro atoms. The molecule has 0 N–H and O–H groups in total. The summed E-state index contributed by atoms with van der Waals surface area (Å²) < 4.78 is 16.2. The molecule has 0 amide bonds. The number of halogens is 2. The second-order valence-corrected chi connectivity index (χ2v) is 15.4. The summed E-state index contributed by atoms with van der Waals surface area (Å²) in [6, 6.07) is 27.3. The van der Waals surface area contributed by atoms with E-state index in [4.69, 9.17) is 9.27 Å². The molecular weight excluding hydrogens is 641 g/mol. The van der Waals surface area contributed by atoms with Gasteiger partial charge in [-0.05, 0) is 71.4 Å². The standard InChI is InChI=1S/C30H28Br2N3O3P/c1-5-34-28-12-7-6-11-24(28)25-19-23(14-16-29(25)34)39(30(2,3)4,38-22-10-8-9-20(31)17-22)33-27-18-21(35(36)37)13-15-26(27)32/h6-19H,5H2,1-4H3. The molecule has 1 aromatic heterocycles. The number of aryl methyl sites for hydroxylation is 1. The molecule has 0 bridgehead atoms. The predicted molar refractivity (Wildman–Crippen MR) is 169 cm³/mol. The van der Waals surface area contributed by atoms with Crippen molar-refractivity contribution in [1.29, 1.82) is 0 Å². The van der Waals surface area contributed by atoms with Gasteiger partial charge in [-0.2, -0.15) is 0 Å². The number of nitrogens with zero attached hydrogens (tertiary/aromatic N) is 3. The summed E-state index contributed by atoms with van der Waals surface area (Å²) in [5.41, 5.74) is 2.79. The number of benzene rings is 4. The molecular formula is C30H28Br2N3O3P. The second-order valence-electron chi connectivity index (χ2n) is 10.3. The predicted octanol–water partition coefficient (Wildman–Crippen LogP) is 10.2. The summed E-state index contributed by atoms with van der Waals surface area (Å²) >= 11 is 7.16. The summed E-state index contributed by atoms with van der Waals surface area (Å²) in [6.07, 6.45) is 0. The summed E-state index contributed by atoms with van der Waals surface area (Å²) in [7, 11) is -2.91. The minimum absolute atomic E-state index is 0.0205. The highest BCUT2D eigenvalue weighted by Crippen LogP contribution is 2.63. The van der Waals surface area contributed by atoms with E-state index in [0.29, 0.717) is 15.9 Å². The van der Waals surface area contributed by atoms with E-state index in [0.717, 1.165) is 27.2 Å². The first kappa shape index (κ1) is 27.6. The Hall–Kier alpha value is -2.93. The molecule has 200 valence electrons. The van der Waals surface area contributed by atoms with Crippen LogP contribution in [0.4, 0.5) is 11.4 Å². The van der Waals surface area contributed by atoms with Crippen LogP contribution in [0, 0.1) is 10.1 Å². The molecule has 0 saturated heterocycles. The van der Waals surface area contributed by atoms with Crippen molar-refractivity contribution in [2.24, 2.45) is 4.74 Å². The van der Waals surface area contributed by atoms with Crippen molar-refractivity contribution >= 4 is 77.6 Å². The number of aromatic nitrogens is 1. The van der Waals surface area contributed by atoms with Crippen LogP contribution in [0.1, 0.15) is 27.7 Å². The Balaban J connectivity index is 1.88. The normalized spacial score (nSPS) is 13.4. The van der Waals surface area contributed by atoms with Gasteiger partial charge in [-0.25, -0.2) is 4.74 Å². The van der Waals surface area contributed by atoms with Gasteiger partial charge in [0.1, 0.15) is 5.75 Å². The van der Waals surface area contributed by atoms with Crippen molar-refractivity contribution in [2.75, 3.05) is 0 Å². The van der Waals surface area contributed by atoms with E-state index in [-0.39, 0.29) is 5.69 Å². The molecule has 0 aliphatic rings. The van der Waals surface area contributed by atoms with E-state index in [1.807, 2.05) is 24.3 Å². The van der Waals surface area contributed by atoms with Gasteiger partial charge in [0.25, 0.3) is 5.69 Å². The fourth-order valence-electron chi connectivity index (χ4n) is 4.90. The molecule has 0 aliphatic carbocycles. The van der Waals surface area contributed by atoms with Crippen LogP contribution in [-0.4, -0.2) is 14.6 Å². The van der Waals surface area contributed by atoms with Gasteiger partial charge in [0.2, 0.25) is 0 Å². The molecule has 1 heterocycles. The SMILES string of the molecule is CCn1c2ccccc2c2cc(P(=Nc3cc([N+](=O)[O-])ccc3Br)(Oc3cccc(Br)c3)C(C)(C)C)ccc21. The van der Waals surface area contributed by atoms with E-state index in [2.05, 4.69) is 107 Å². The second kappa shape index (κ2) is 10.6. The van der Waals surface area contributed by atoms with E-state index in [1.54, 1.807) is 6.07 Å². The highest BCUT2D eigenvalue weighted by Gasteiger charge is 2.39. The van der Waals surface area contributed by atoms with E-state index in [9.17, 15) is 10.1 Å². The van der Waals surface area contributed by atoms with E-state index in [1.165, 1.54) is 23.0 Å². The number of fused-ring (bicyclic) bond motifs is 3. The first-order valence-electron chi connectivity index (χ1n) is 12.6. The van der Waals surface area contributed by atoms with Gasteiger partial charge in [0.15, 0.2) is 7.28 Å². The fourth-order valence-corrected chi connectivity index (χ4v) is 8.82. The highest BCUT2D eigenvalue weighted by atomic mass is 79.9. The topological polar surface area (TPSA) is 69.7 Å². The van der Waals surface area contributed by atoms with Crippen molar-refractivity contribution in [3.8, 4) is 5.75 Å². The summed E-state index contributed by atoms with van der Waals surface area (Å²) in [5, 5.41) is 14.4. The fraction of sp³-hybridized carbons (Fsp3) is 0.200. The quantitative estimate of drug-likeness (QED) is 0.103. The zero-order valence-corrected chi connectivity index (χ0v) is 26.1. The van der Waals surface area contributed by atoms with Crippen LogP contribution in [0.25, 0.3) is 21.8 Å². The molecule has 5 rings (SSSR count). The monoisotopic (exact) mass is 667 g/mol. The van der Waals surface area contributed by atoms with Crippen molar-refractivity contribution in [2.45, 2.75) is 39.4 Å². The summed E-state index contributed by atoms with van der Waals surface area (Å²) in [4.78, 5) is 11.2. The Morgan fingerprint density at radius 3 is 2.36 bits per heavy atom. The third-order valence-electron chi connectivity index (χ3n) is 6.75. The van der Waals surface area contributed by atoms with Crippen molar-refractivity contribution in [3.63, 3.8) is 0 Å². The molecule has 39 heavy (non-hydrogen) atoms. The lowest BCUT2D eigenvalue weighted by molar-refractivity contribution is -0.384. The van der Waals surface area contributed by atoms with Crippen LogP contribution < -0.4 is 9.83 Å². The zero-order valence-electron chi connectivity index (χ0n) is 22.1. The smallest absolute Gasteiger partial charge is 0.271 e. The molecule has 5 aromatic rings. The average molecular weight is 669 g/mol. The number of rotatable bonds is 6. The molecule has 0 radical (unpaired) electrons. The van der Waals surface area contributed by atoms with Crippen molar-refractivity contribution < 1.29 is 9.45 Å². The first-order valence-corrected chi connectivity index (χ1v) is 15.8. The molecule has 0 fully saturated rings. The minimum Gasteiger partial charge on any atom is -0.455 e. The van der Waals surface area contributed by atoms with Crippen LogP contribution in [0.15, 0.2) is 98.6 Å². The van der Waals surface area contributed by atoms with Gasteiger partial charge in [0, 0.05) is 59.9 Å². The van der Waals surface area contributed by atoms with Gasteiger partial charge in [0.05, 0.1) is 10.6 Å². The largest absolute Gasteiger partial charge is 0.455 e. The molecule has 4 aromatic carbocycles. The number of hydrogen-bond donors (Lipinski definition) is 0. The number of nitro groups is 1. The first-order chi connectivity index (χ1) is 18.5. The van der Waals surface area contributed by atoms with Crippen LogP contribution >= 0.6 is 39.1 Å². The Kier molecular flexibility index (Phi) is 7.49. The maximum atomic E-state index is 11.6. The maximum absolute atomic E-state index is 11.6. The Morgan fingerprint density at radius 2 is 1.67 bits per heavy atom. The third kappa shape index (κ3) is 5.06. The number of non-ortho nitro benzene ring substituents is 1. The number of hydrogen-bond acceptors (Lipinski definition) is 4. The minimum atomic E-state index is -2.91. The maximum Gasteiger partial charge on any atom is 0.271 e. The van der Waals surface area contributed by atoms with Gasteiger partial charge in [-0.15, -0.1) is 0 Å². The Bertz CT molecular complexity index is 1790. The molecule has 0 aliphatic heterocycles. The number of nitro benzene ring substituents is 1. The highest BCUT2D eigenvalue weighted by molar-refractivity contribution is 9.10. The third-order valence-corrected chi connectivity index (χ3v) is 11.7. The lowest BCUT2D eigenvalue weighted by Crippen LogP contribution is -2.27. The van der Waals surface area contributed by atoms with Crippen LogP contribution in [0.2, 0.25) is 0 Å². The molecule has 9 heteroatoms. The molecule has 0 saturated carbocycles. The van der Waals surface area contributed by atoms with Crippen LogP contribution in [0.5, 0.6) is 5.75 Å². The number of para-hydroxylation sites is 1. The van der Waals surface area contributed by atoms with Gasteiger partial charge < -0.3 is 9.09 Å². The van der Waals surface area contributed by atoms with E-state index >= 15 is 0 Å². The van der Waals surface area contributed by atoms with E-state index < -0.39 is 17.4 Å². The Morgan fingerprint density at radius 1 is 0.923 bits per heavy atom. The Labute approximate surface area is 244 Å². The van der Waals surface area contributed by atoms with Crippen molar-refractivity contribution in [1.82, 2.24) is 4.57 Å². The van der Waals surface area contributed by atoms with Gasteiger partial charge in [-0.3, -0.25) is 10.1 Å².